The van der Waals surface area contributed by atoms with E-state index in [0.717, 1.165) is 11.3 Å². The maximum atomic E-state index is 12.2. The number of hydrogen-bond donors (Lipinski definition) is 2. The lowest BCUT2D eigenvalue weighted by atomic mass is 9.96. The van der Waals surface area contributed by atoms with Crippen molar-refractivity contribution in [1.29, 1.82) is 0 Å². The fraction of sp³-hybridized carbons (Fsp3) is 0.176. The molecule has 0 aromatic heterocycles. The van der Waals surface area contributed by atoms with Crippen LogP contribution in [0.15, 0.2) is 42.5 Å². The van der Waals surface area contributed by atoms with E-state index in [1.54, 1.807) is 42.5 Å². The predicted octanol–water partition coefficient (Wildman–Crippen LogP) is 3.01. The summed E-state index contributed by atoms with van der Waals surface area (Å²) in [6.07, 6.45) is 0.499. The van der Waals surface area contributed by atoms with Crippen molar-refractivity contribution < 1.29 is 14.3 Å². The first kappa shape index (κ1) is 16.6. The van der Waals surface area contributed by atoms with Gasteiger partial charge in [-0.15, -0.1) is 0 Å². The quantitative estimate of drug-likeness (QED) is 0.804. The molecule has 0 bridgehead atoms. The molecular weight excluding hydrogens is 351 g/mol. The van der Waals surface area contributed by atoms with Crippen LogP contribution in [0.25, 0.3) is 0 Å². The van der Waals surface area contributed by atoms with Gasteiger partial charge in [-0.05, 0) is 54.4 Å². The lowest BCUT2D eigenvalue weighted by molar-refractivity contribution is -0.127. The number of carbonyl (C=O) groups excluding carboxylic acids is 2. The van der Waals surface area contributed by atoms with Gasteiger partial charge in [-0.25, -0.2) is 0 Å². The Hall–Kier alpha value is -2.24. The second-order valence-corrected chi connectivity index (χ2v) is 6.29. The molecule has 5 nitrogen and oxygen atoms in total. The summed E-state index contributed by atoms with van der Waals surface area (Å²) in [6, 6.07) is 11.7. The number of hydrazine groups is 1. The fourth-order valence-electron chi connectivity index (χ4n) is 2.43. The van der Waals surface area contributed by atoms with E-state index in [1.165, 1.54) is 0 Å². The summed E-state index contributed by atoms with van der Waals surface area (Å²) in [5.41, 5.74) is 6.09. The number of rotatable bonds is 2. The van der Waals surface area contributed by atoms with Crippen LogP contribution in [-0.4, -0.2) is 18.4 Å². The molecule has 0 saturated heterocycles. The van der Waals surface area contributed by atoms with Gasteiger partial charge in [-0.2, -0.15) is 0 Å². The number of amides is 2. The number of benzene rings is 2. The molecule has 1 aliphatic rings. The summed E-state index contributed by atoms with van der Waals surface area (Å²) in [5.74, 6) is -0.404. The van der Waals surface area contributed by atoms with Gasteiger partial charge in [0.2, 0.25) is 5.91 Å². The molecular formula is C17H14Cl2N2O3. The van der Waals surface area contributed by atoms with Gasteiger partial charge in [0, 0.05) is 15.6 Å². The van der Waals surface area contributed by atoms with Crippen LogP contribution >= 0.6 is 23.2 Å². The second kappa shape index (κ2) is 7.11. The molecule has 0 aliphatic carbocycles. The maximum absolute atomic E-state index is 12.2. The zero-order valence-electron chi connectivity index (χ0n) is 12.5. The van der Waals surface area contributed by atoms with E-state index < -0.39 is 11.8 Å². The van der Waals surface area contributed by atoms with Gasteiger partial charge in [-0.3, -0.25) is 20.4 Å². The normalized spacial score (nSPS) is 15.8. The van der Waals surface area contributed by atoms with Crippen molar-refractivity contribution in [2.24, 2.45) is 5.92 Å². The second-order valence-electron chi connectivity index (χ2n) is 5.41. The first-order valence-corrected chi connectivity index (χ1v) is 8.05. The Morgan fingerprint density at radius 1 is 1.00 bits per heavy atom. The minimum Gasteiger partial charge on any atom is -0.492 e. The number of nitrogens with one attached hydrogen (secondary N) is 2. The summed E-state index contributed by atoms with van der Waals surface area (Å²) in [7, 11) is 0. The zero-order valence-corrected chi connectivity index (χ0v) is 14.0. The number of halogens is 2. The van der Waals surface area contributed by atoms with Gasteiger partial charge in [0.1, 0.15) is 12.4 Å². The van der Waals surface area contributed by atoms with Crippen molar-refractivity contribution >= 4 is 35.0 Å². The molecule has 2 N–H and O–H groups in total. The van der Waals surface area contributed by atoms with Crippen molar-refractivity contribution in [3.05, 3.63) is 63.6 Å². The molecule has 2 aromatic carbocycles. The average molecular weight is 365 g/mol. The van der Waals surface area contributed by atoms with Crippen LogP contribution in [0.3, 0.4) is 0 Å². The highest BCUT2D eigenvalue weighted by Crippen LogP contribution is 2.29. The van der Waals surface area contributed by atoms with Gasteiger partial charge in [0.25, 0.3) is 5.91 Å². The third kappa shape index (κ3) is 3.80. The molecule has 24 heavy (non-hydrogen) atoms. The van der Waals surface area contributed by atoms with Crippen LogP contribution in [0.1, 0.15) is 15.9 Å². The van der Waals surface area contributed by atoms with Crippen molar-refractivity contribution in [2.45, 2.75) is 6.42 Å². The van der Waals surface area contributed by atoms with Gasteiger partial charge >= 0.3 is 0 Å². The molecule has 124 valence electrons. The first-order chi connectivity index (χ1) is 11.5. The molecule has 7 heteroatoms. The zero-order chi connectivity index (χ0) is 17.1. The van der Waals surface area contributed by atoms with Crippen molar-refractivity contribution in [2.75, 3.05) is 6.61 Å². The SMILES string of the molecule is O=C(NNC(=O)[C@H]1COc2ccc(Cl)cc2C1)c1ccc(Cl)cc1. The van der Waals surface area contributed by atoms with Crippen LogP contribution in [-0.2, 0) is 11.2 Å². The minimum absolute atomic E-state index is 0.247. The highest BCUT2D eigenvalue weighted by Gasteiger charge is 2.26. The van der Waals surface area contributed by atoms with Gasteiger partial charge in [0.15, 0.2) is 0 Å². The Labute approximate surface area is 148 Å². The van der Waals surface area contributed by atoms with E-state index in [2.05, 4.69) is 10.9 Å². The first-order valence-electron chi connectivity index (χ1n) is 7.30. The number of fused-ring (bicyclic) bond motifs is 1. The number of ether oxygens (including phenoxy) is 1. The van der Waals surface area contributed by atoms with Crippen LogP contribution in [0.2, 0.25) is 10.0 Å². The van der Waals surface area contributed by atoms with Crippen molar-refractivity contribution in [1.82, 2.24) is 10.9 Å². The van der Waals surface area contributed by atoms with E-state index in [-0.39, 0.29) is 12.5 Å². The topological polar surface area (TPSA) is 67.4 Å². The van der Waals surface area contributed by atoms with E-state index in [4.69, 9.17) is 27.9 Å². The minimum atomic E-state index is -0.416. The standard InChI is InChI=1S/C17H14Cl2N2O3/c18-13-3-1-10(2-4-13)16(22)20-21-17(23)12-7-11-8-14(19)5-6-15(11)24-9-12/h1-6,8,12H,7,9H2,(H,20,22)(H,21,23)/t12-/m1/s1. The van der Waals surface area contributed by atoms with Gasteiger partial charge in [0.05, 0.1) is 5.92 Å². The molecule has 0 fully saturated rings. The summed E-state index contributed by atoms with van der Waals surface area (Å²) in [4.78, 5) is 24.2. The third-order valence-electron chi connectivity index (χ3n) is 3.71. The molecule has 1 heterocycles. The molecule has 3 rings (SSSR count). The highest BCUT2D eigenvalue weighted by molar-refractivity contribution is 6.31. The molecule has 1 aliphatic heterocycles. The average Bonchev–Trinajstić information content (AvgIpc) is 2.59. The Morgan fingerprint density at radius 2 is 1.71 bits per heavy atom. The van der Waals surface area contributed by atoms with E-state index >= 15 is 0 Å². The highest BCUT2D eigenvalue weighted by atomic mass is 35.5. The number of carbonyl (C=O) groups is 2. The van der Waals surface area contributed by atoms with Crippen molar-refractivity contribution in [3.8, 4) is 5.75 Å². The van der Waals surface area contributed by atoms with Crippen LogP contribution in [0.5, 0.6) is 5.75 Å². The maximum Gasteiger partial charge on any atom is 0.269 e. The Morgan fingerprint density at radius 3 is 2.46 bits per heavy atom. The molecule has 0 saturated carbocycles. The Bertz CT molecular complexity index is 778. The molecule has 2 amide bonds. The van der Waals surface area contributed by atoms with Crippen LogP contribution in [0.4, 0.5) is 0 Å². The smallest absolute Gasteiger partial charge is 0.269 e. The molecule has 0 unspecified atom stereocenters. The van der Waals surface area contributed by atoms with Gasteiger partial charge in [-0.1, -0.05) is 23.2 Å². The predicted molar refractivity (Wildman–Crippen MR) is 91.2 cm³/mol. The van der Waals surface area contributed by atoms with Crippen LogP contribution in [0, 0.1) is 5.92 Å². The van der Waals surface area contributed by atoms with Crippen molar-refractivity contribution in [3.63, 3.8) is 0 Å². The lowest BCUT2D eigenvalue weighted by Gasteiger charge is -2.24. The van der Waals surface area contributed by atoms with E-state index in [9.17, 15) is 9.59 Å². The monoisotopic (exact) mass is 364 g/mol. The van der Waals surface area contributed by atoms with E-state index in [1.807, 2.05) is 0 Å². The lowest BCUT2D eigenvalue weighted by Crippen LogP contribution is -2.47. The van der Waals surface area contributed by atoms with E-state index in [0.29, 0.717) is 22.0 Å². The summed E-state index contributed by atoms with van der Waals surface area (Å²) < 4.78 is 5.57. The number of hydrogen-bond acceptors (Lipinski definition) is 3. The fourth-order valence-corrected chi connectivity index (χ4v) is 2.75. The third-order valence-corrected chi connectivity index (χ3v) is 4.19. The molecule has 1 atom stereocenters. The largest absolute Gasteiger partial charge is 0.492 e. The summed E-state index contributed by atoms with van der Waals surface area (Å²) >= 11 is 11.7. The Kier molecular flexibility index (Phi) is 4.92. The molecule has 2 aromatic rings. The van der Waals surface area contributed by atoms with Crippen LogP contribution < -0.4 is 15.6 Å². The Balaban J connectivity index is 1.58. The molecule has 0 radical (unpaired) electrons. The summed E-state index contributed by atoms with van der Waals surface area (Å²) in [5, 5.41) is 1.13. The van der Waals surface area contributed by atoms with Gasteiger partial charge < -0.3 is 4.74 Å². The summed E-state index contributed by atoms with van der Waals surface area (Å²) in [6.45, 7) is 0.247. The molecule has 0 spiro atoms.